The molecule has 1 aliphatic rings. The third-order valence-electron chi connectivity index (χ3n) is 3.45. The van der Waals surface area contributed by atoms with Crippen LogP contribution in [0, 0.1) is 11.3 Å². The maximum absolute atomic E-state index is 12.0. The quantitative estimate of drug-likeness (QED) is 0.891. The van der Waals surface area contributed by atoms with Gasteiger partial charge in [0.25, 0.3) is 0 Å². The van der Waals surface area contributed by atoms with E-state index in [4.69, 9.17) is 27.0 Å². The fraction of sp³-hybridized carbons (Fsp3) is 0.357. The van der Waals surface area contributed by atoms with Crippen molar-refractivity contribution in [2.75, 3.05) is 0 Å². The van der Waals surface area contributed by atoms with Gasteiger partial charge < -0.3 is 15.5 Å². The van der Waals surface area contributed by atoms with E-state index in [-0.39, 0.29) is 12.3 Å². The Morgan fingerprint density at radius 1 is 1.62 bits per heavy atom. The van der Waals surface area contributed by atoms with Crippen LogP contribution in [0.25, 0.3) is 11.1 Å². The van der Waals surface area contributed by atoms with Crippen LogP contribution in [-0.2, 0) is 11.2 Å². The summed E-state index contributed by atoms with van der Waals surface area (Å²) >= 11 is 5.88. The van der Waals surface area contributed by atoms with Crippen LogP contribution in [0.1, 0.15) is 18.7 Å². The lowest BCUT2D eigenvalue weighted by molar-refractivity contribution is -0.123. The van der Waals surface area contributed by atoms with Gasteiger partial charge in [-0.05, 0) is 31.0 Å². The molecule has 108 valence electrons. The van der Waals surface area contributed by atoms with E-state index in [2.05, 4.69) is 16.4 Å². The molecule has 1 heterocycles. The maximum Gasteiger partial charge on any atom is 0.238 e. The number of carbonyl (C=O) groups excluding carboxylic acids is 1. The lowest BCUT2D eigenvalue weighted by atomic mass is 10.2. The number of hydrogen-bond acceptors (Lipinski definition) is 5. The van der Waals surface area contributed by atoms with Gasteiger partial charge in [0.05, 0.1) is 12.1 Å². The van der Waals surface area contributed by atoms with Crippen molar-refractivity contribution in [1.82, 2.24) is 10.3 Å². The highest BCUT2D eigenvalue weighted by Gasteiger charge is 2.45. The van der Waals surface area contributed by atoms with Gasteiger partial charge in [0.2, 0.25) is 5.91 Å². The maximum atomic E-state index is 12.0. The summed E-state index contributed by atoms with van der Waals surface area (Å²) in [5.74, 6) is 0.00561. The minimum Gasteiger partial charge on any atom is -0.441 e. The van der Waals surface area contributed by atoms with Gasteiger partial charge in [-0.15, -0.1) is 0 Å². The van der Waals surface area contributed by atoms with E-state index in [0.29, 0.717) is 34.9 Å². The van der Waals surface area contributed by atoms with Crippen molar-refractivity contribution in [1.29, 1.82) is 5.26 Å². The first-order valence-corrected chi connectivity index (χ1v) is 6.93. The van der Waals surface area contributed by atoms with Crippen LogP contribution in [-0.4, -0.2) is 22.5 Å². The molecule has 1 unspecified atom stereocenters. The molecule has 7 heteroatoms. The normalized spacial score (nSPS) is 17.2. The number of nitrogens with zero attached hydrogens (tertiary/aromatic N) is 2. The average Bonchev–Trinajstić information content (AvgIpc) is 3.11. The Bertz CT molecular complexity index is 745. The largest absolute Gasteiger partial charge is 0.441 e. The molecule has 2 aromatic rings. The van der Waals surface area contributed by atoms with Crippen molar-refractivity contribution in [3.8, 4) is 6.07 Å². The first kappa shape index (κ1) is 13.9. The molecular weight excluding hydrogens is 292 g/mol. The molecule has 3 rings (SSSR count). The van der Waals surface area contributed by atoms with E-state index in [1.807, 2.05) is 0 Å². The fourth-order valence-electron chi connectivity index (χ4n) is 2.03. The van der Waals surface area contributed by atoms with Gasteiger partial charge in [0, 0.05) is 11.4 Å². The van der Waals surface area contributed by atoms with Crippen molar-refractivity contribution >= 4 is 28.6 Å². The summed E-state index contributed by atoms with van der Waals surface area (Å²) in [5, 5.41) is 12.2. The van der Waals surface area contributed by atoms with Crippen LogP contribution >= 0.6 is 11.6 Å². The summed E-state index contributed by atoms with van der Waals surface area (Å²) in [6.45, 7) is 0. The lowest BCUT2D eigenvalue weighted by Crippen LogP contribution is -2.47. The van der Waals surface area contributed by atoms with Gasteiger partial charge >= 0.3 is 0 Å². The summed E-state index contributed by atoms with van der Waals surface area (Å²) in [6, 6.07) is 6.39. The third kappa shape index (κ3) is 2.84. The summed E-state index contributed by atoms with van der Waals surface area (Å²) in [6.07, 6.45) is 1.51. The average molecular weight is 305 g/mol. The minimum absolute atomic E-state index is 0.166. The van der Waals surface area contributed by atoms with Gasteiger partial charge in [0.1, 0.15) is 11.1 Å². The molecule has 21 heavy (non-hydrogen) atoms. The molecule has 6 nitrogen and oxygen atoms in total. The molecule has 0 saturated heterocycles. The number of amides is 1. The molecule has 1 aromatic carbocycles. The van der Waals surface area contributed by atoms with Gasteiger partial charge in [-0.1, -0.05) is 11.6 Å². The number of nitrogens with two attached hydrogens (primary N) is 1. The van der Waals surface area contributed by atoms with E-state index in [1.54, 1.807) is 18.2 Å². The molecule has 1 saturated carbocycles. The molecule has 1 aliphatic carbocycles. The van der Waals surface area contributed by atoms with E-state index in [0.717, 1.165) is 0 Å². The molecule has 1 amide bonds. The zero-order valence-electron chi connectivity index (χ0n) is 11.1. The number of halogens is 1. The number of nitriles is 1. The number of fused-ring (bicyclic) bond motifs is 1. The smallest absolute Gasteiger partial charge is 0.238 e. The Balaban J connectivity index is 1.69. The lowest BCUT2D eigenvalue weighted by Gasteiger charge is -2.13. The number of hydrogen-bond donors (Lipinski definition) is 2. The van der Waals surface area contributed by atoms with Crippen LogP contribution in [0.2, 0.25) is 5.02 Å². The molecule has 1 aromatic heterocycles. The van der Waals surface area contributed by atoms with Crippen molar-refractivity contribution < 1.29 is 9.21 Å². The van der Waals surface area contributed by atoms with Gasteiger partial charge in [0.15, 0.2) is 11.5 Å². The van der Waals surface area contributed by atoms with Gasteiger partial charge in [-0.2, -0.15) is 5.26 Å². The van der Waals surface area contributed by atoms with Crippen LogP contribution in [0.4, 0.5) is 0 Å². The highest BCUT2D eigenvalue weighted by molar-refractivity contribution is 6.31. The SMILES string of the molecule is N#CC1(NC(=O)C(N)Cc2nc3cc(Cl)ccc3o2)CC1. The topological polar surface area (TPSA) is 105 Å². The Labute approximate surface area is 125 Å². The molecule has 1 atom stereocenters. The number of carbonyl (C=O) groups is 1. The molecule has 0 aliphatic heterocycles. The highest BCUT2D eigenvalue weighted by atomic mass is 35.5. The Morgan fingerprint density at radius 3 is 3.05 bits per heavy atom. The second kappa shape index (κ2) is 5.02. The first-order chi connectivity index (χ1) is 10.0. The molecule has 3 N–H and O–H groups in total. The first-order valence-electron chi connectivity index (χ1n) is 6.55. The summed E-state index contributed by atoms with van der Waals surface area (Å²) in [5.41, 5.74) is 6.35. The Hall–Kier alpha value is -2.10. The Kier molecular flexibility index (Phi) is 3.32. The number of aromatic nitrogens is 1. The van der Waals surface area contributed by atoms with E-state index >= 15 is 0 Å². The van der Waals surface area contributed by atoms with Crippen molar-refractivity contribution in [2.24, 2.45) is 5.73 Å². The third-order valence-corrected chi connectivity index (χ3v) is 3.69. The standard InChI is InChI=1S/C14H13ClN4O2/c15-8-1-2-11-10(5-8)18-12(21-11)6-9(17)13(20)19-14(7-16)3-4-14/h1-2,5,9H,3-4,6,17H2,(H,19,20). The zero-order valence-corrected chi connectivity index (χ0v) is 11.9. The van der Waals surface area contributed by atoms with E-state index < -0.39 is 11.6 Å². The number of oxazole rings is 1. The van der Waals surface area contributed by atoms with Crippen LogP contribution < -0.4 is 11.1 Å². The minimum atomic E-state index is -0.806. The predicted octanol–water partition coefficient (Wildman–Crippen LogP) is 1.52. The molecule has 0 bridgehead atoms. The van der Waals surface area contributed by atoms with Crippen molar-refractivity contribution in [3.63, 3.8) is 0 Å². The van der Waals surface area contributed by atoms with Crippen molar-refractivity contribution in [2.45, 2.75) is 30.8 Å². The fourth-order valence-corrected chi connectivity index (χ4v) is 2.20. The van der Waals surface area contributed by atoms with Crippen LogP contribution in [0.15, 0.2) is 22.6 Å². The van der Waals surface area contributed by atoms with Crippen LogP contribution in [0.5, 0.6) is 0 Å². The number of nitrogens with one attached hydrogen (secondary N) is 1. The van der Waals surface area contributed by atoms with E-state index in [1.165, 1.54) is 0 Å². The molecule has 1 fully saturated rings. The van der Waals surface area contributed by atoms with E-state index in [9.17, 15) is 4.79 Å². The second-order valence-electron chi connectivity index (χ2n) is 5.21. The van der Waals surface area contributed by atoms with Gasteiger partial charge in [-0.3, -0.25) is 4.79 Å². The predicted molar refractivity (Wildman–Crippen MR) is 76.4 cm³/mol. The molecular formula is C14H13ClN4O2. The van der Waals surface area contributed by atoms with Crippen LogP contribution in [0.3, 0.4) is 0 Å². The van der Waals surface area contributed by atoms with Gasteiger partial charge in [-0.25, -0.2) is 4.98 Å². The highest BCUT2D eigenvalue weighted by Crippen LogP contribution is 2.34. The Morgan fingerprint density at radius 2 is 2.38 bits per heavy atom. The second-order valence-corrected chi connectivity index (χ2v) is 5.65. The summed E-state index contributed by atoms with van der Waals surface area (Å²) in [4.78, 5) is 16.2. The summed E-state index contributed by atoms with van der Waals surface area (Å²) in [7, 11) is 0. The molecule has 0 spiro atoms. The number of rotatable bonds is 4. The monoisotopic (exact) mass is 304 g/mol. The molecule has 0 radical (unpaired) electrons. The summed E-state index contributed by atoms with van der Waals surface area (Å²) < 4.78 is 5.52. The van der Waals surface area contributed by atoms with Crippen molar-refractivity contribution in [3.05, 3.63) is 29.1 Å². The number of benzene rings is 1. The zero-order chi connectivity index (χ0) is 15.0.